The number of halogens is 2. The molecule has 27 heavy (non-hydrogen) atoms. The van der Waals surface area contributed by atoms with Crippen molar-refractivity contribution >= 4 is 31.9 Å². The lowest BCUT2D eigenvalue weighted by atomic mass is 9.99. The van der Waals surface area contributed by atoms with Crippen LogP contribution >= 0.6 is 15.9 Å². The van der Waals surface area contributed by atoms with E-state index >= 15 is 0 Å². The molecule has 1 aliphatic rings. The molecule has 0 radical (unpaired) electrons. The Balaban J connectivity index is 1.63. The number of amides is 1. The Morgan fingerprint density at radius 1 is 1.15 bits per heavy atom. The smallest absolute Gasteiger partial charge is 0.243 e. The molecule has 0 bridgehead atoms. The molecule has 1 atom stereocenters. The van der Waals surface area contributed by atoms with Crippen molar-refractivity contribution < 1.29 is 17.6 Å². The van der Waals surface area contributed by atoms with Crippen LogP contribution in [0, 0.1) is 11.7 Å². The minimum absolute atomic E-state index is 0.160. The molecule has 3 rings (SSSR count). The average molecular weight is 455 g/mol. The lowest BCUT2D eigenvalue weighted by Gasteiger charge is -2.31. The van der Waals surface area contributed by atoms with Crippen LogP contribution < -0.4 is 5.32 Å². The largest absolute Gasteiger partial charge is 0.352 e. The van der Waals surface area contributed by atoms with Crippen LogP contribution in [0.1, 0.15) is 18.4 Å². The second kappa shape index (κ2) is 8.50. The Hall–Kier alpha value is -1.77. The maximum absolute atomic E-state index is 12.9. The van der Waals surface area contributed by atoms with Crippen molar-refractivity contribution in [1.29, 1.82) is 0 Å². The number of sulfonamides is 1. The summed E-state index contributed by atoms with van der Waals surface area (Å²) in [6.07, 6.45) is 1.27. The Morgan fingerprint density at radius 3 is 2.48 bits per heavy atom. The molecule has 1 heterocycles. The van der Waals surface area contributed by atoms with Crippen LogP contribution in [-0.2, 0) is 21.4 Å². The van der Waals surface area contributed by atoms with Gasteiger partial charge in [-0.05, 0) is 54.8 Å². The molecule has 1 saturated heterocycles. The fourth-order valence-electron chi connectivity index (χ4n) is 3.07. The lowest BCUT2D eigenvalue weighted by molar-refractivity contribution is -0.126. The Morgan fingerprint density at radius 2 is 1.81 bits per heavy atom. The first-order valence-electron chi connectivity index (χ1n) is 8.64. The molecule has 0 aliphatic carbocycles. The van der Waals surface area contributed by atoms with Crippen LogP contribution in [0.4, 0.5) is 4.39 Å². The zero-order valence-corrected chi connectivity index (χ0v) is 17.0. The second-order valence-corrected chi connectivity index (χ2v) is 9.35. The summed E-state index contributed by atoms with van der Waals surface area (Å²) in [5, 5.41) is 2.82. The second-order valence-electron chi connectivity index (χ2n) is 6.50. The summed E-state index contributed by atoms with van der Waals surface area (Å²) in [4.78, 5) is 12.7. The van der Waals surface area contributed by atoms with Crippen LogP contribution in [0.5, 0.6) is 0 Å². The molecule has 0 spiro atoms. The van der Waals surface area contributed by atoms with E-state index in [1.807, 2.05) is 0 Å². The van der Waals surface area contributed by atoms with E-state index in [4.69, 9.17) is 0 Å². The summed E-state index contributed by atoms with van der Waals surface area (Å²) in [5.41, 5.74) is 0.792. The predicted octanol–water partition coefficient (Wildman–Crippen LogP) is 3.31. The number of nitrogens with one attached hydrogen (secondary N) is 1. The van der Waals surface area contributed by atoms with E-state index in [0.29, 0.717) is 19.4 Å². The maximum Gasteiger partial charge on any atom is 0.243 e. The van der Waals surface area contributed by atoms with E-state index < -0.39 is 15.9 Å². The Kier molecular flexibility index (Phi) is 6.29. The fourth-order valence-corrected chi connectivity index (χ4v) is 4.85. The molecule has 1 aliphatic heterocycles. The Bertz CT molecular complexity index is 902. The summed E-state index contributed by atoms with van der Waals surface area (Å²) in [7, 11) is -3.63. The highest BCUT2D eigenvalue weighted by molar-refractivity contribution is 9.10. The zero-order valence-electron chi connectivity index (χ0n) is 14.6. The van der Waals surface area contributed by atoms with Crippen LogP contribution in [-0.4, -0.2) is 31.7 Å². The van der Waals surface area contributed by atoms with Gasteiger partial charge in [0.15, 0.2) is 0 Å². The summed E-state index contributed by atoms with van der Waals surface area (Å²) in [6, 6.07) is 12.4. The van der Waals surface area contributed by atoms with Gasteiger partial charge < -0.3 is 5.32 Å². The van der Waals surface area contributed by atoms with E-state index in [9.17, 15) is 17.6 Å². The quantitative estimate of drug-likeness (QED) is 0.753. The van der Waals surface area contributed by atoms with Gasteiger partial charge in [0.1, 0.15) is 5.82 Å². The van der Waals surface area contributed by atoms with E-state index in [2.05, 4.69) is 21.2 Å². The summed E-state index contributed by atoms with van der Waals surface area (Å²) in [6.45, 7) is 0.850. The molecule has 5 nitrogen and oxygen atoms in total. The van der Waals surface area contributed by atoms with Gasteiger partial charge in [0, 0.05) is 24.1 Å². The van der Waals surface area contributed by atoms with Gasteiger partial charge in [0.05, 0.1) is 10.8 Å². The zero-order chi connectivity index (χ0) is 19.4. The topological polar surface area (TPSA) is 66.5 Å². The van der Waals surface area contributed by atoms with Crippen molar-refractivity contribution in [2.24, 2.45) is 5.92 Å². The molecule has 2 aromatic carbocycles. The first kappa shape index (κ1) is 20.0. The number of piperidine rings is 1. The Labute approximate surface area is 166 Å². The summed E-state index contributed by atoms with van der Waals surface area (Å²) in [5.74, 6) is -0.911. The van der Waals surface area contributed by atoms with Gasteiger partial charge in [-0.3, -0.25) is 4.79 Å². The average Bonchev–Trinajstić information content (AvgIpc) is 2.68. The molecule has 0 aromatic heterocycles. The van der Waals surface area contributed by atoms with Gasteiger partial charge in [0.25, 0.3) is 0 Å². The summed E-state index contributed by atoms with van der Waals surface area (Å²) >= 11 is 3.30. The van der Waals surface area contributed by atoms with Gasteiger partial charge in [-0.15, -0.1) is 0 Å². The van der Waals surface area contributed by atoms with Crippen molar-refractivity contribution in [3.63, 3.8) is 0 Å². The SMILES string of the molecule is O=C(NCc1ccc(F)cc1)[C@@H]1CCCN(S(=O)(=O)c2ccc(Br)cc2)C1. The maximum atomic E-state index is 12.9. The van der Waals surface area contributed by atoms with Crippen molar-refractivity contribution in [2.45, 2.75) is 24.3 Å². The number of rotatable bonds is 5. The van der Waals surface area contributed by atoms with E-state index in [1.165, 1.54) is 16.4 Å². The number of carbonyl (C=O) groups is 1. The van der Waals surface area contributed by atoms with Gasteiger partial charge in [-0.25, -0.2) is 12.8 Å². The molecule has 144 valence electrons. The minimum atomic E-state index is -3.63. The fraction of sp³-hybridized carbons (Fsp3) is 0.316. The number of nitrogens with zero attached hydrogens (tertiary/aromatic N) is 1. The molecule has 0 saturated carbocycles. The molecule has 2 aromatic rings. The number of hydrogen-bond donors (Lipinski definition) is 1. The molecular weight excluding hydrogens is 435 g/mol. The standard InChI is InChI=1S/C19H20BrFN2O3S/c20-16-5-9-18(10-6-16)27(25,26)23-11-1-2-15(13-23)19(24)22-12-14-3-7-17(21)8-4-14/h3-10,15H,1-2,11-13H2,(H,22,24)/t15-/m1/s1. The monoisotopic (exact) mass is 454 g/mol. The lowest BCUT2D eigenvalue weighted by Crippen LogP contribution is -2.45. The predicted molar refractivity (Wildman–Crippen MR) is 104 cm³/mol. The minimum Gasteiger partial charge on any atom is -0.352 e. The van der Waals surface area contributed by atoms with Gasteiger partial charge in [-0.1, -0.05) is 28.1 Å². The van der Waals surface area contributed by atoms with Crippen molar-refractivity contribution in [2.75, 3.05) is 13.1 Å². The summed E-state index contributed by atoms with van der Waals surface area (Å²) < 4.78 is 40.8. The highest BCUT2D eigenvalue weighted by Crippen LogP contribution is 2.25. The third kappa shape index (κ3) is 4.94. The normalized spacial score (nSPS) is 18.2. The van der Waals surface area contributed by atoms with Gasteiger partial charge in [-0.2, -0.15) is 4.31 Å². The van der Waals surface area contributed by atoms with E-state index in [0.717, 1.165) is 10.0 Å². The molecule has 1 N–H and O–H groups in total. The first-order chi connectivity index (χ1) is 12.9. The molecule has 1 amide bonds. The highest BCUT2D eigenvalue weighted by Gasteiger charge is 2.33. The van der Waals surface area contributed by atoms with Crippen LogP contribution in [0.15, 0.2) is 57.9 Å². The van der Waals surface area contributed by atoms with Gasteiger partial charge >= 0.3 is 0 Å². The van der Waals surface area contributed by atoms with Crippen molar-refractivity contribution in [3.05, 3.63) is 64.4 Å². The number of hydrogen-bond acceptors (Lipinski definition) is 3. The molecular formula is C19H20BrFN2O3S. The van der Waals surface area contributed by atoms with Crippen LogP contribution in [0.2, 0.25) is 0 Å². The van der Waals surface area contributed by atoms with Gasteiger partial charge in [0.2, 0.25) is 15.9 Å². The third-order valence-electron chi connectivity index (χ3n) is 4.59. The molecule has 1 fully saturated rings. The van der Waals surface area contributed by atoms with Crippen molar-refractivity contribution in [1.82, 2.24) is 9.62 Å². The highest BCUT2D eigenvalue weighted by atomic mass is 79.9. The third-order valence-corrected chi connectivity index (χ3v) is 6.99. The first-order valence-corrected chi connectivity index (χ1v) is 10.9. The van der Waals surface area contributed by atoms with Crippen LogP contribution in [0.3, 0.4) is 0 Å². The van der Waals surface area contributed by atoms with Crippen LogP contribution in [0.25, 0.3) is 0 Å². The van der Waals surface area contributed by atoms with Crippen molar-refractivity contribution in [3.8, 4) is 0 Å². The number of benzene rings is 2. The van der Waals surface area contributed by atoms with E-state index in [-0.39, 0.29) is 29.7 Å². The molecule has 0 unspecified atom stereocenters. The number of carbonyl (C=O) groups excluding carboxylic acids is 1. The molecule has 8 heteroatoms. The van der Waals surface area contributed by atoms with E-state index in [1.54, 1.807) is 36.4 Å².